The Kier molecular flexibility index (Phi) is 6.48. The summed E-state index contributed by atoms with van der Waals surface area (Å²) in [6.07, 6.45) is 0.811. The smallest absolute Gasteiger partial charge is 0.328 e. The normalized spacial score (nSPS) is 14.0. The van der Waals surface area contributed by atoms with E-state index in [9.17, 15) is 9.59 Å². The molecule has 0 spiro atoms. The Morgan fingerprint density at radius 2 is 2.06 bits per heavy atom. The van der Waals surface area contributed by atoms with Gasteiger partial charge in [0.1, 0.15) is 0 Å². The van der Waals surface area contributed by atoms with Gasteiger partial charge in [-0.15, -0.1) is 0 Å². The summed E-state index contributed by atoms with van der Waals surface area (Å²) in [5.74, 6) is -1.10. The summed E-state index contributed by atoms with van der Waals surface area (Å²) in [7, 11) is 3.02. The van der Waals surface area contributed by atoms with Gasteiger partial charge < -0.3 is 20.1 Å². The van der Waals surface area contributed by atoms with Crippen LogP contribution in [0, 0.1) is 0 Å². The molecule has 16 heavy (non-hydrogen) atoms. The van der Waals surface area contributed by atoms with Crippen LogP contribution in [0.5, 0.6) is 0 Å². The van der Waals surface area contributed by atoms with E-state index in [1.165, 1.54) is 12.0 Å². The molecule has 94 valence electrons. The number of hydrogen-bond acceptors (Lipinski definition) is 3. The molecule has 2 unspecified atom stereocenters. The van der Waals surface area contributed by atoms with Crippen LogP contribution in [0.25, 0.3) is 0 Å². The molecule has 0 aromatic rings. The van der Waals surface area contributed by atoms with Gasteiger partial charge >= 0.3 is 12.0 Å². The number of nitrogens with one attached hydrogen (secondary N) is 1. The van der Waals surface area contributed by atoms with Crippen LogP contribution in [0.1, 0.15) is 20.3 Å². The molecule has 6 nitrogen and oxygen atoms in total. The highest BCUT2D eigenvalue weighted by atomic mass is 16.5. The predicted octanol–water partition coefficient (Wildman–Crippen LogP) is 0.526. The van der Waals surface area contributed by atoms with Crippen LogP contribution in [-0.4, -0.2) is 54.9 Å². The Bertz CT molecular complexity index is 245. The molecular weight excluding hydrogens is 212 g/mol. The van der Waals surface area contributed by atoms with Crippen LogP contribution >= 0.6 is 0 Å². The van der Waals surface area contributed by atoms with E-state index in [-0.39, 0.29) is 12.6 Å². The molecule has 6 heteroatoms. The SMILES string of the molecule is CCC(C)N(C)C(=O)NC(COC)C(=O)O. The second kappa shape index (κ2) is 7.05. The minimum absolute atomic E-state index is 0.0462. The van der Waals surface area contributed by atoms with E-state index in [4.69, 9.17) is 9.84 Å². The maximum Gasteiger partial charge on any atom is 0.328 e. The molecule has 0 fully saturated rings. The molecule has 0 bridgehead atoms. The maximum atomic E-state index is 11.6. The van der Waals surface area contributed by atoms with Gasteiger partial charge in [-0.05, 0) is 13.3 Å². The Morgan fingerprint density at radius 3 is 2.44 bits per heavy atom. The minimum atomic E-state index is -1.10. The zero-order valence-electron chi connectivity index (χ0n) is 10.2. The summed E-state index contributed by atoms with van der Waals surface area (Å²) in [6, 6.07) is -1.35. The van der Waals surface area contributed by atoms with Crippen molar-refractivity contribution in [2.24, 2.45) is 0 Å². The van der Waals surface area contributed by atoms with Gasteiger partial charge in [0.2, 0.25) is 0 Å². The first-order chi connectivity index (χ1) is 7.43. The summed E-state index contributed by atoms with van der Waals surface area (Å²) in [6.45, 7) is 3.80. The van der Waals surface area contributed by atoms with E-state index in [0.717, 1.165) is 6.42 Å². The number of amides is 2. The van der Waals surface area contributed by atoms with E-state index in [2.05, 4.69) is 5.32 Å². The molecule has 0 rings (SSSR count). The first kappa shape index (κ1) is 14.7. The Balaban J connectivity index is 4.34. The zero-order valence-corrected chi connectivity index (χ0v) is 10.2. The fraction of sp³-hybridized carbons (Fsp3) is 0.800. The summed E-state index contributed by atoms with van der Waals surface area (Å²) in [5, 5.41) is 11.2. The zero-order chi connectivity index (χ0) is 12.7. The number of aliphatic carboxylic acids is 1. The molecule has 2 atom stereocenters. The van der Waals surface area contributed by atoms with Gasteiger partial charge in [0.05, 0.1) is 6.61 Å². The van der Waals surface area contributed by atoms with Crippen molar-refractivity contribution < 1.29 is 19.4 Å². The van der Waals surface area contributed by atoms with Gasteiger partial charge in [0, 0.05) is 20.2 Å². The van der Waals surface area contributed by atoms with E-state index in [1.54, 1.807) is 7.05 Å². The number of ether oxygens (including phenoxy) is 1. The second-order valence-corrected chi connectivity index (χ2v) is 3.66. The van der Waals surface area contributed by atoms with Crippen molar-refractivity contribution in [3.8, 4) is 0 Å². The van der Waals surface area contributed by atoms with Crippen LogP contribution in [0.3, 0.4) is 0 Å². The van der Waals surface area contributed by atoms with Gasteiger partial charge in [-0.25, -0.2) is 9.59 Å². The highest BCUT2D eigenvalue weighted by Crippen LogP contribution is 2.00. The van der Waals surface area contributed by atoms with E-state index in [1.807, 2.05) is 13.8 Å². The Hall–Kier alpha value is -1.30. The van der Waals surface area contributed by atoms with Gasteiger partial charge in [0.15, 0.2) is 6.04 Å². The van der Waals surface area contributed by atoms with Crippen LogP contribution < -0.4 is 5.32 Å². The topological polar surface area (TPSA) is 78.9 Å². The van der Waals surface area contributed by atoms with Gasteiger partial charge in [-0.1, -0.05) is 6.92 Å². The highest BCUT2D eigenvalue weighted by Gasteiger charge is 2.22. The van der Waals surface area contributed by atoms with Crippen LogP contribution in [0.15, 0.2) is 0 Å². The molecule has 0 aromatic heterocycles. The van der Waals surface area contributed by atoms with Crippen LogP contribution in [0.2, 0.25) is 0 Å². The standard InChI is InChI=1S/C10H20N2O4/c1-5-7(2)12(3)10(15)11-8(6-16-4)9(13)14/h7-8H,5-6H2,1-4H3,(H,11,15)(H,13,14). The van der Waals surface area contributed by atoms with Crippen molar-refractivity contribution in [3.63, 3.8) is 0 Å². The molecule has 0 aliphatic rings. The first-order valence-electron chi connectivity index (χ1n) is 5.19. The second-order valence-electron chi connectivity index (χ2n) is 3.66. The summed E-state index contributed by atoms with van der Waals surface area (Å²) in [4.78, 5) is 23.9. The van der Waals surface area contributed by atoms with Crippen molar-refractivity contribution >= 4 is 12.0 Å². The number of carbonyl (C=O) groups is 2. The van der Waals surface area contributed by atoms with Crippen molar-refractivity contribution in [3.05, 3.63) is 0 Å². The molecule has 0 aromatic carbocycles. The highest BCUT2D eigenvalue weighted by molar-refractivity contribution is 5.82. The molecule has 0 aliphatic heterocycles. The number of hydrogen-bond donors (Lipinski definition) is 2. The lowest BCUT2D eigenvalue weighted by atomic mass is 10.2. The number of carboxylic acids is 1. The number of nitrogens with zero attached hydrogens (tertiary/aromatic N) is 1. The molecule has 0 radical (unpaired) electrons. The lowest BCUT2D eigenvalue weighted by molar-refractivity contribution is -0.140. The Labute approximate surface area is 95.6 Å². The third kappa shape index (κ3) is 4.48. The first-order valence-corrected chi connectivity index (χ1v) is 5.19. The van der Waals surface area contributed by atoms with Gasteiger partial charge in [0.25, 0.3) is 0 Å². The number of urea groups is 1. The monoisotopic (exact) mass is 232 g/mol. The summed E-state index contributed by atoms with van der Waals surface area (Å²) < 4.78 is 4.72. The fourth-order valence-corrected chi connectivity index (χ4v) is 1.07. The molecule has 0 saturated carbocycles. The molecule has 2 amide bonds. The molecule has 2 N–H and O–H groups in total. The lowest BCUT2D eigenvalue weighted by Crippen LogP contribution is -2.50. The number of methoxy groups -OCH3 is 1. The van der Waals surface area contributed by atoms with Crippen molar-refractivity contribution in [1.29, 1.82) is 0 Å². The molecule has 0 aliphatic carbocycles. The average Bonchev–Trinajstić information content (AvgIpc) is 2.25. The largest absolute Gasteiger partial charge is 0.480 e. The van der Waals surface area contributed by atoms with Crippen molar-refractivity contribution in [2.45, 2.75) is 32.4 Å². The third-order valence-electron chi connectivity index (χ3n) is 2.50. The van der Waals surface area contributed by atoms with Gasteiger partial charge in [-0.2, -0.15) is 0 Å². The van der Waals surface area contributed by atoms with Crippen LogP contribution in [0.4, 0.5) is 4.79 Å². The van der Waals surface area contributed by atoms with Gasteiger partial charge in [-0.3, -0.25) is 0 Å². The Morgan fingerprint density at radius 1 is 1.50 bits per heavy atom. The number of rotatable bonds is 6. The molecule has 0 saturated heterocycles. The molecular formula is C10H20N2O4. The van der Waals surface area contributed by atoms with E-state index < -0.39 is 18.0 Å². The minimum Gasteiger partial charge on any atom is -0.480 e. The third-order valence-corrected chi connectivity index (χ3v) is 2.50. The molecule has 0 heterocycles. The average molecular weight is 232 g/mol. The van der Waals surface area contributed by atoms with E-state index >= 15 is 0 Å². The summed E-state index contributed by atoms with van der Waals surface area (Å²) in [5.41, 5.74) is 0. The number of carbonyl (C=O) groups excluding carboxylic acids is 1. The van der Waals surface area contributed by atoms with Crippen molar-refractivity contribution in [2.75, 3.05) is 20.8 Å². The quantitative estimate of drug-likeness (QED) is 0.700. The maximum absolute atomic E-state index is 11.6. The summed E-state index contributed by atoms with van der Waals surface area (Å²) >= 11 is 0. The lowest BCUT2D eigenvalue weighted by Gasteiger charge is -2.25. The van der Waals surface area contributed by atoms with Crippen molar-refractivity contribution in [1.82, 2.24) is 10.2 Å². The fourth-order valence-electron chi connectivity index (χ4n) is 1.07. The predicted molar refractivity (Wildman–Crippen MR) is 59.3 cm³/mol. The van der Waals surface area contributed by atoms with Crippen LogP contribution in [-0.2, 0) is 9.53 Å². The van der Waals surface area contributed by atoms with E-state index in [0.29, 0.717) is 0 Å². The number of carboxylic acid groups (broad SMARTS) is 1.